The number of rotatable bonds is 4. The lowest BCUT2D eigenvalue weighted by Crippen LogP contribution is -2.09. The highest BCUT2D eigenvalue weighted by Gasteiger charge is 2.30. The first-order chi connectivity index (χ1) is 16.1. The predicted octanol–water partition coefficient (Wildman–Crippen LogP) is 6.06. The second kappa shape index (κ2) is 8.58. The van der Waals surface area contributed by atoms with Crippen LogP contribution in [0.4, 0.5) is 22.0 Å². The maximum atomic E-state index is 14.8. The fourth-order valence-corrected chi connectivity index (χ4v) is 3.60. The Bertz CT molecular complexity index is 1450. The number of phenolic OH excluding ortho intramolecular Hbond substituents is 1. The number of carbonyl (C=O) groups excluding carboxylic acids is 2. The van der Waals surface area contributed by atoms with Gasteiger partial charge in [-0.2, -0.15) is 0 Å². The third-order valence-corrected chi connectivity index (χ3v) is 5.09. The van der Waals surface area contributed by atoms with E-state index in [0.717, 1.165) is 12.1 Å². The number of esters is 1. The zero-order valence-electron chi connectivity index (χ0n) is 17.3. The fraction of sp³-hybridized carbons (Fsp3) is 0.0400. The molecule has 0 aliphatic carbocycles. The highest BCUT2D eigenvalue weighted by molar-refractivity contribution is 6.17. The Labute approximate surface area is 188 Å². The molecule has 0 unspecified atom stereocenters. The lowest BCUT2D eigenvalue weighted by atomic mass is 9.88. The third kappa shape index (κ3) is 3.85. The molecule has 0 saturated heterocycles. The van der Waals surface area contributed by atoms with Gasteiger partial charge in [-0.25, -0.2) is 22.0 Å². The summed E-state index contributed by atoms with van der Waals surface area (Å²) in [7, 11) is 0. The van der Waals surface area contributed by atoms with E-state index in [9.17, 15) is 36.6 Å². The van der Waals surface area contributed by atoms with Crippen LogP contribution in [0, 0.1) is 29.1 Å². The van der Waals surface area contributed by atoms with Crippen molar-refractivity contribution < 1.29 is 41.4 Å². The number of benzene rings is 4. The standard InChI is InChI=1S/C25H13F5O4/c1-11(31)34-15-6-2-12(3-7-15)25(33)17-8-4-13-10-14(32)5-9-16(13)18(17)19-20(26)22(28)24(30)23(29)21(19)27/h2-10,32H,1H3. The average Bonchev–Trinajstić information content (AvgIpc) is 2.81. The summed E-state index contributed by atoms with van der Waals surface area (Å²) in [6.45, 7) is 1.18. The number of aromatic hydroxyl groups is 1. The second-order valence-electron chi connectivity index (χ2n) is 7.29. The second-order valence-corrected chi connectivity index (χ2v) is 7.29. The highest BCUT2D eigenvalue weighted by atomic mass is 19.2. The van der Waals surface area contributed by atoms with E-state index in [1.807, 2.05) is 0 Å². The summed E-state index contributed by atoms with van der Waals surface area (Å²) in [5.74, 6) is -12.3. The Hall–Kier alpha value is -4.27. The molecule has 0 aromatic heterocycles. The van der Waals surface area contributed by atoms with E-state index < -0.39 is 52.0 Å². The van der Waals surface area contributed by atoms with Crippen LogP contribution >= 0.6 is 0 Å². The van der Waals surface area contributed by atoms with E-state index in [4.69, 9.17) is 4.74 Å². The van der Waals surface area contributed by atoms with E-state index in [2.05, 4.69) is 0 Å². The van der Waals surface area contributed by atoms with Crippen molar-refractivity contribution in [2.75, 3.05) is 0 Å². The van der Waals surface area contributed by atoms with Gasteiger partial charge in [-0.15, -0.1) is 0 Å². The molecule has 0 aliphatic heterocycles. The summed E-state index contributed by atoms with van der Waals surface area (Å²) in [6.07, 6.45) is 0. The number of ether oxygens (including phenoxy) is 1. The molecule has 4 aromatic rings. The Morgan fingerprint density at radius 1 is 0.735 bits per heavy atom. The molecule has 0 radical (unpaired) electrons. The number of carbonyl (C=O) groups is 2. The topological polar surface area (TPSA) is 63.6 Å². The Morgan fingerprint density at radius 3 is 1.91 bits per heavy atom. The smallest absolute Gasteiger partial charge is 0.308 e. The van der Waals surface area contributed by atoms with E-state index in [1.54, 1.807) is 0 Å². The first-order valence-electron chi connectivity index (χ1n) is 9.71. The molecule has 0 fully saturated rings. The summed E-state index contributed by atoms with van der Waals surface area (Å²) in [6, 6.07) is 11.3. The van der Waals surface area contributed by atoms with Crippen LogP contribution in [-0.2, 0) is 4.79 Å². The molecule has 9 heteroatoms. The number of halogens is 5. The van der Waals surface area contributed by atoms with Gasteiger partial charge in [-0.3, -0.25) is 9.59 Å². The van der Waals surface area contributed by atoms with Gasteiger partial charge in [0.2, 0.25) is 5.82 Å². The lowest BCUT2D eigenvalue weighted by molar-refractivity contribution is -0.131. The molecular formula is C25H13F5O4. The van der Waals surface area contributed by atoms with Gasteiger partial charge in [0.1, 0.15) is 11.5 Å². The Kier molecular flexibility index (Phi) is 5.78. The van der Waals surface area contributed by atoms with Crippen molar-refractivity contribution in [1.82, 2.24) is 0 Å². The van der Waals surface area contributed by atoms with Crippen LogP contribution in [0.1, 0.15) is 22.8 Å². The zero-order valence-corrected chi connectivity index (χ0v) is 17.3. The van der Waals surface area contributed by atoms with Gasteiger partial charge in [0.15, 0.2) is 29.1 Å². The van der Waals surface area contributed by atoms with Gasteiger partial charge in [0, 0.05) is 23.6 Å². The molecule has 1 N–H and O–H groups in total. The molecule has 4 nitrogen and oxygen atoms in total. The van der Waals surface area contributed by atoms with Crippen molar-refractivity contribution in [2.45, 2.75) is 6.92 Å². The minimum Gasteiger partial charge on any atom is -0.508 e. The summed E-state index contributed by atoms with van der Waals surface area (Å²) in [5.41, 5.74) is -2.15. The molecule has 0 bridgehead atoms. The van der Waals surface area contributed by atoms with Gasteiger partial charge >= 0.3 is 5.97 Å². The minimum atomic E-state index is -2.33. The van der Waals surface area contributed by atoms with Gasteiger partial charge < -0.3 is 9.84 Å². The van der Waals surface area contributed by atoms with E-state index in [-0.39, 0.29) is 33.4 Å². The van der Waals surface area contributed by atoms with E-state index in [1.165, 1.54) is 49.4 Å². The van der Waals surface area contributed by atoms with Gasteiger partial charge in [0.05, 0.1) is 5.56 Å². The minimum absolute atomic E-state index is 0.000785. The summed E-state index contributed by atoms with van der Waals surface area (Å²) in [4.78, 5) is 24.4. The third-order valence-electron chi connectivity index (χ3n) is 5.09. The van der Waals surface area contributed by atoms with Gasteiger partial charge in [-0.1, -0.05) is 12.1 Å². The summed E-state index contributed by atoms with van der Waals surface area (Å²) < 4.78 is 76.2. The maximum Gasteiger partial charge on any atom is 0.308 e. The average molecular weight is 472 g/mol. The van der Waals surface area contributed by atoms with Crippen LogP contribution < -0.4 is 4.74 Å². The zero-order chi connectivity index (χ0) is 24.7. The summed E-state index contributed by atoms with van der Waals surface area (Å²) in [5, 5.41) is 9.92. The number of phenols is 1. The normalized spacial score (nSPS) is 11.0. The molecule has 0 amide bonds. The van der Waals surface area contributed by atoms with Crippen molar-refractivity contribution in [3.8, 4) is 22.6 Å². The quantitative estimate of drug-likeness (QED) is 0.0979. The van der Waals surface area contributed by atoms with Crippen LogP contribution in [0.5, 0.6) is 11.5 Å². The molecule has 4 aromatic carbocycles. The first-order valence-corrected chi connectivity index (χ1v) is 9.71. The Morgan fingerprint density at radius 2 is 1.32 bits per heavy atom. The lowest BCUT2D eigenvalue weighted by Gasteiger charge is -2.16. The maximum absolute atomic E-state index is 14.8. The van der Waals surface area contributed by atoms with Crippen LogP contribution in [0.25, 0.3) is 21.9 Å². The molecule has 0 saturated carbocycles. The number of hydrogen-bond acceptors (Lipinski definition) is 4. The molecule has 0 atom stereocenters. The van der Waals surface area contributed by atoms with E-state index in [0.29, 0.717) is 0 Å². The van der Waals surface area contributed by atoms with Crippen LogP contribution in [0.3, 0.4) is 0 Å². The van der Waals surface area contributed by atoms with Crippen molar-refractivity contribution in [2.24, 2.45) is 0 Å². The molecule has 172 valence electrons. The van der Waals surface area contributed by atoms with Crippen LogP contribution in [0.2, 0.25) is 0 Å². The molecular weight excluding hydrogens is 459 g/mol. The highest BCUT2D eigenvalue weighted by Crippen LogP contribution is 2.40. The molecule has 0 aliphatic rings. The van der Waals surface area contributed by atoms with Crippen LogP contribution in [-0.4, -0.2) is 16.9 Å². The molecule has 0 heterocycles. The van der Waals surface area contributed by atoms with Crippen molar-refractivity contribution in [1.29, 1.82) is 0 Å². The largest absolute Gasteiger partial charge is 0.508 e. The van der Waals surface area contributed by atoms with Gasteiger partial charge in [-0.05, 0) is 53.2 Å². The van der Waals surface area contributed by atoms with E-state index >= 15 is 0 Å². The predicted molar refractivity (Wildman–Crippen MR) is 112 cm³/mol. The SMILES string of the molecule is CC(=O)Oc1ccc(C(=O)c2ccc3cc(O)ccc3c2-c2c(F)c(F)c(F)c(F)c2F)cc1. The van der Waals surface area contributed by atoms with Gasteiger partial charge in [0.25, 0.3) is 0 Å². The monoisotopic (exact) mass is 472 g/mol. The number of ketones is 1. The Balaban J connectivity index is 2.00. The molecule has 0 spiro atoms. The molecule has 34 heavy (non-hydrogen) atoms. The number of hydrogen-bond donors (Lipinski definition) is 1. The summed E-state index contributed by atoms with van der Waals surface area (Å²) >= 11 is 0. The number of fused-ring (bicyclic) bond motifs is 1. The first kappa shape index (κ1) is 22.9. The fourth-order valence-electron chi connectivity index (χ4n) is 3.60. The van der Waals surface area contributed by atoms with Crippen molar-refractivity contribution >= 4 is 22.5 Å². The molecule has 4 rings (SSSR count). The van der Waals surface area contributed by atoms with Crippen molar-refractivity contribution in [3.05, 3.63) is 94.8 Å². The van der Waals surface area contributed by atoms with Crippen LogP contribution in [0.15, 0.2) is 54.6 Å². The van der Waals surface area contributed by atoms with Crippen molar-refractivity contribution in [3.63, 3.8) is 0 Å².